The molecule has 0 amide bonds. The van der Waals surface area contributed by atoms with Crippen molar-refractivity contribution in [2.24, 2.45) is 7.05 Å². The van der Waals surface area contributed by atoms with Gasteiger partial charge in [0.05, 0.1) is 18.9 Å². The first kappa shape index (κ1) is 22.8. The Kier molecular flexibility index (Phi) is 7.81. The molecule has 1 aromatic carbocycles. The van der Waals surface area contributed by atoms with Gasteiger partial charge in [-0.3, -0.25) is 19.5 Å². The maximum absolute atomic E-state index is 12.4. The van der Waals surface area contributed by atoms with Gasteiger partial charge in [-0.05, 0) is 12.1 Å². The third-order valence-corrected chi connectivity index (χ3v) is 6.39. The van der Waals surface area contributed by atoms with E-state index in [4.69, 9.17) is 9.47 Å². The SMILES string of the molecule is Cn1c(CN2CCOCC2)cc(=O)c(O)c1CN1CCN(CCOc2ccccc2)CC1. The third kappa shape index (κ3) is 5.89. The Morgan fingerprint density at radius 2 is 1.59 bits per heavy atom. The molecule has 0 radical (unpaired) electrons. The molecular weight excluding hydrogens is 408 g/mol. The summed E-state index contributed by atoms with van der Waals surface area (Å²) in [6.07, 6.45) is 0. The third-order valence-electron chi connectivity index (χ3n) is 6.39. The summed E-state index contributed by atoms with van der Waals surface area (Å²) in [5.41, 5.74) is 1.33. The molecule has 0 saturated carbocycles. The molecule has 0 spiro atoms. The minimum atomic E-state index is -0.293. The minimum absolute atomic E-state index is 0.128. The molecule has 2 fully saturated rings. The van der Waals surface area contributed by atoms with Gasteiger partial charge in [-0.25, -0.2) is 0 Å². The van der Waals surface area contributed by atoms with E-state index in [0.29, 0.717) is 25.4 Å². The van der Waals surface area contributed by atoms with Crippen molar-refractivity contribution in [1.29, 1.82) is 0 Å². The summed E-state index contributed by atoms with van der Waals surface area (Å²) in [5, 5.41) is 10.5. The van der Waals surface area contributed by atoms with E-state index in [9.17, 15) is 9.90 Å². The highest BCUT2D eigenvalue weighted by Gasteiger charge is 2.21. The molecule has 2 saturated heterocycles. The zero-order chi connectivity index (χ0) is 22.3. The second-order valence-electron chi connectivity index (χ2n) is 8.52. The van der Waals surface area contributed by atoms with E-state index < -0.39 is 0 Å². The molecule has 32 heavy (non-hydrogen) atoms. The first-order valence-electron chi connectivity index (χ1n) is 11.4. The molecule has 2 aliphatic rings. The molecule has 0 bridgehead atoms. The van der Waals surface area contributed by atoms with Gasteiger partial charge in [-0.1, -0.05) is 18.2 Å². The van der Waals surface area contributed by atoms with E-state index in [1.54, 1.807) is 6.07 Å². The molecule has 3 heterocycles. The van der Waals surface area contributed by atoms with Gasteiger partial charge in [0.15, 0.2) is 5.75 Å². The first-order valence-corrected chi connectivity index (χ1v) is 11.4. The average Bonchev–Trinajstić information content (AvgIpc) is 2.82. The van der Waals surface area contributed by atoms with Gasteiger partial charge in [0.2, 0.25) is 5.43 Å². The smallest absolute Gasteiger partial charge is 0.223 e. The van der Waals surface area contributed by atoms with Gasteiger partial charge in [-0.15, -0.1) is 0 Å². The van der Waals surface area contributed by atoms with Crippen molar-refractivity contribution in [2.75, 3.05) is 65.6 Å². The van der Waals surface area contributed by atoms with Gasteiger partial charge >= 0.3 is 0 Å². The number of hydrogen-bond acceptors (Lipinski definition) is 7. The summed E-state index contributed by atoms with van der Waals surface area (Å²) in [6.45, 7) is 9.67. The van der Waals surface area contributed by atoms with Crippen LogP contribution < -0.4 is 10.2 Å². The zero-order valence-electron chi connectivity index (χ0n) is 18.9. The van der Waals surface area contributed by atoms with E-state index in [1.165, 1.54) is 0 Å². The van der Waals surface area contributed by atoms with Crippen LogP contribution in [0.15, 0.2) is 41.2 Å². The number of pyridine rings is 1. The number of hydrogen-bond donors (Lipinski definition) is 1. The summed E-state index contributed by atoms with van der Waals surface area (Å²) >= 11 is 0. The first-order chi connectivity index (χ1) is 15.6. The molecule has 2 aromatic rings. The van der Waals surface area contributed by atoms with Crippen molar-refractivity contribution in [3.63, 3.8) is 0 Å². The summed E-state index contributed by atoms with van der Waals surface area (Å²) in [4.78, 5) is 19.4. The predicted octanol–water partition coefficient (Wildman–Crippen LogP) is 1.12. The van der Waals surface area contributed by atoms with Gasteiger partial charge < -0.3 is 19.1 Å². The zero-order valence-corrected chi connectivity index (χ0v) is 18.9. The lowest BCUT2D eigenvalue weighted by Gasteiger charge is -2.35. The fourth-order valence-electron chi connectivity index (χ4n) is 4.30. The number of nitrogens with zero attached hydrogens (tertiary/aromatic N) is 4. The lowest BCUT2D eigenvalue weighted by Crippen LogP contribution is -2.47. The Morgan fingerprint density at radius 1 is 0.938 bits per heavy atom. The molecule has 1 aromatic heterocycles. The van der Waals surface area contributed by atoms with Crippen LogP contribution >= 0.6 is 0 Å². The van der Waals surface area contributed by atoms with E-state index in [-0.39, 0.29) is 11.2 Å². The second kappa shape index (κ2) is 11.0. The molecular formula is C24H34N4O4. The molecule has 8 nitrogen and oxygen atoms in total. The van der Waals surface area contributed by atoms with Crippen LogP contribution in [0.4, 0.5) is 0 Å². The van der Waals surface area contributed by atoms with E-state index in [0.717, 1.165) is 70.5 Å². The molecule has 0 unspecified atom stereocenters. The highest BCUT2D eigenvalue weighted by Crippen LogP contribution is 2.18. The quantitative estimate of drug-likeness (QED) is 0.657. The molecule has 0 atom stereocenters. The Balaban J connectivity index is 1.30. The normalized spacial score (nSPS) is 18.7. The number of morpholine rings is 1. The van der Waals surface area contributed by atoms with Gasteiger partial charge in [-0.2, -0.15) is 0 Å². The number of ether oxygens (including phenoxy) is 2. The van der Waals surface area contributed by atoms with Crippen molar-refractivity contribution >= 4 is 0 Å². The minimum Gasteiger partial charge on any atom is -0.503 e. The van der Waals surface area contributed by atoms with Crippen LogP contribution in [0.5, 0.6) is 11.5 Å². The van der Waals surface area contributed by atoms with Crippen LogP contribution in [0.3, 0.4) is 0 Å². The maximum Gasteiger partial charge on any atom is 0.223 e. The molecule has 174 valence electrons. The Bertz CT molecular complexity index is 920. The average molecular weight is 443 g/mol. The Hall–Kier alpha value is -2.39. The van der Waals surface area contributed by atoms with Crippen molar-refractivity contribution in [2.45, 2.75) is 13.1 Å². The number of para-hydroxylation sites is 1. The van der Waals surface area contributed by atoms with E-state index in [2.05, 4.69) is 14.7 Å². The number of aromatic nitrogens is 1. The monoisotopic (exact) mass is 442 g/mol. The standard InChI is InChI=1S/C24H34N4O4/c1-25-20(18-28-11-14-31-15-12-28)17-23(29)24(30)22(25)19-27-9-7-26(8-10-27)13-16-32-21-5-3-2-4-6-21/h2-6,17,30H,7-16,18-19H2,1H3. The lowest BCUT2D eigenvalue weighted by atomic mass is 10.2. The van der Waals surface area contributed by atoms with Gasteiger partial charge in [0, 0.05) is 77.7 Å². The van der Waals surface area contributed by atoms with Crippen LogP contribution in [0.2, 0.25) is 0 Å². The number of benzene rings is 1. The number of rotatable bonds is 8. The highest BCUT2D eigenvalue weighted by molar-refractivity contribution is 5.30. The van der Waals surface area contributed by atoms with Crippen LogP contribution in [-0.4, -0.2) is 90.0 Å². The maximum atomic E-state index is 12.4. The predicted molar refractivity (Wildman–Crippen MR) is 123 cm³/mol. The van der Waals surface area contributed by atoms with Crippen molar-refractivity contribution in [3.05, 3.63) is 58.0 Å². The van der Waals surface area contributed by atoms with Crippen LogP contribution in [0.25, 0.3) is 0 Å². The summed E-state index contributed by atoms with van der Waals surface area (Å²) in [5.74, 6) is 0.774. The Morgan fingerprint density at radius 3 is 2.31 bits per heavy atom. The molecule has 1 N–H and O–H groups in total. The van der Waals surface area contributed by atoms with Crippen LogP contribution in [0.1, 0.15) is 11.4 Å². The van der Waals surface area contributed by atoms with Gasteiger partial charge in [0.1, 0.15) is 12.4 Å². The number of piperazine rings is 1. The van der Waals surface area contributed by atoms with Crippen molar-refractivity contribution in [1.82, 2.24) is 19.3 Å². The molecule has 0 aliphatic carbocycles. The second-order valence-corrected chi connectivity index (χ2v) is 8.52. The van der Waals surface area contributed by atoms with Crippen molar-refractivity contribution in [3.8, 4) is 11.5 Å². The van der Waals surface area contributed by atoms with E-state index in [1.807, 2.05) is 41.9 Å². The molecule has 8 heteroatoms. The van der Waals surface area contributed by atoms with Gasteiger partial charge in [0.25, 0.3) is 0 Å². The largest absolute Gasteiger partial charge is 0.503 e. The van der Waals surface area contributed by atoms with Crippen molar-refractivity contribution < 1.29 is 14.6 Å². The lowest BCUT2D eigenvalue weighted by molar-refractivity contribution is 0.0330. The van der Waals surface area contributed by atoms with E-state index >= 15 is 0 Å². The fraction of sp³-hybridized carbons (Fsp3) is 0.542. The fourth-order valence-corrected chi connectivity index (χ4v) is 4.30. The van der Waals surface area contributed by atoms with Crippen LogP contribution in [0, 0.1) is 0 Å². The summed E-state index contributed by atoms with van der Waals surface area (Å²) < 4.78 is 13.2. The van der Waals surface area contributed by atoms with Crippen LogP contribution in [-0.2, 0) is 24.9 Å². The Labute approximate surface area is 189 Å². The number of aromatic hydroxyl groups is 1. The molecule has 2 aliphatic heterocycles. The summed E-state index contributed by atoms with van der Waals surface area (Å²) in [6, 6.07) is 11.5. The molecule has 4 rings (SSSR count). The topological polar surface area (TPSA) is 70.4 Å². The summed E-state index contributed by atoms with van der Waals surface area (Å²) in [7, 11) is 1.95. The highest BCUT2D eigenvalue weighted by atomic mass is 16.5.